The Morgan fingerprint density at radius 1 is 1.21 bits per heavy atom. The predicted molar refractivity (Wildman–Crippen MR) is 140 cm³/mol. The van der Waals surface area contributed by atoms with Gasteiger partial charge in [0.1, 0.15) is 6.10 Å². The molecule has 4 atom stereocenters. The molecule has 2 aliphatic carbocycles. The van der Waals surface area contributed by atoms with Gasteiger partial charge in [0.25, 0.3) is 0 Å². The Hall–Kier alpha value is -3.31. The standard InChI is InChI=1S/C27H31N5O5S/c1-2-19-12-27(19,25(34)31-38(35,36)21-7-8-21)13-23(33)22-11-20(14-29-22)37-24-9-10-28-26(30-24)32-15-17-5-3-4-6-18(17)16-32/h2-6,9-10,19-22,29H,1,7-8,11-16H2,(H,31,34)/t19?,20-,22+,27?/m1/s1. The largest absolute Gasteiger partial charge is 0.473 e. The minimum absolute atomic E-state index is 0.0345. The van der Waals surface area contributed by atoms with Crippen LogP contribution in [0.1, 0.15) is 43.2 Å². The van der Waals surface area contributed by atoms with Crippen molar-refractivity contribution in [1.82, 2.24) is 20.0 Å². The summed E-state index contributed by atoms with van der Waals surface area (Å²) in [4.78, 5) is 37.3. The number of Topliss-reactive ketones (excluding diaryl/α,β-unsaturated/α-hetero) is 1. The van der Waals surface area contributed by atoms with Crippen molar-refractivity contribution >= 4 is 27.7 Å². The van der Waals surface area contributed by atoms with Gasteiger partial charge in [0.05, 0.1) is 16.7 Å². The first-order chi connectivity index (χ1) is 18.3. The summed E-state index contributed by atoms with van der Waals surface area (Å²) in [5.41, 5.74) is 1.47. The van der Waals surface area contributed by atoms with E-state index in [4.69, 9.17) is 4.74 Å². The Balaban J connectivity index is 1.06. The first-order valence-electron chi connectivity index (χ1n) is 13.0. The number of sulfonamides is 1. The van der Waals surface area contributed by atoms with E-state index in [0.717, 1.165) is 13.1 Å². The van der Waals surface area contributed by atoms with E-state index in [2.05, 4.69) is 43.6 Å². The van der Waals surface area contributed by atoms with E-state index in [0.29, 0.717) is 44.1 Å². The number of fused-ring (bicyclic) bond motifs is 1. The van der Waals surface area contributed by atoms with Gasteiger partial charge in [-0.3, -0.25) is 14.3 Å². The molecule has 10 nitrogen and oxygen atoms in total. The van der Waals surface area contributed by atoms with Crippen LogP contribution in [0.3, 0.4) is 0 Å². The molecular formula is C27H31N5O5S. The van der Waals surface area contributed by atoms with E-state index in [9.17, 15) is 18.0 Å². The van der Waals surface area contributed by atoms with Gasteiger partial charge in [0.2, 0.25) is 27.8 Å². The lowest BCUT2D eigenvalue weighted by molar-refractivity contribution is -0.130. The Bertz CT molecular complexity index is 1370. The molecule has 3 fully saturated rings. The highest BCUT2D eigenvalue weighted by atomic mass is 32.2. The Morgan fingerprint density at radius 2 is 1.95 bits per heavy atom. The second-order valence-corrected chi connectivity index (χ2v) is 12.7. The summed E-state index contributed by atoms with van der Waals surface area (Å²) in [5, 5.41) is 2.70. The zero-order valence-electron chi connectivity index (χ0n) is 21.0. The highest BCUT2D eigenvalue weighted by Gasteiger charge is 2.61. The molecule has 0 radical (unpaired) electrons. The number of amides is 1. The van der Waals surface area contributed by atoms with E-state index in [1.54, 1.807) is 18.3 Å². The van der Waals surface area contributed by atoms with Gasteiger partial charge in [-0.1, -0.05) is 30.3 Å². The molecular weight excluding hydrogens is 506 g/mol. The van der Waals surface area contributed by atoms with Crippen molar-refractivity contribution < 1.29 is 22.7 Å². The summed E-state index contributed by atoms with van der Waals surface area (Å²) < 4.78 is 33.0. The van der Waals surface area contributed by atoms with Gasteiger partial charge in [0, 0.05) is 44.7 Å². The van der Waals surface area contributed by atoms with Crippen molar-refractivity contribution in [3.05, 3.63) is 60.3 Å². The first-order valence-corrected chi connectivity index (χ1v) is 14.6. The Kier molecular flexibility index (Phi) is 6.22. The fourth-order valence-corrected chi connectivity index (χ4v) is 6.93. The summed E-state index contributed by atoms with van der Waals surface area (Å²) in [5.74, 6) is 0.102. The lowest BCUT2D eigenvalue weighted by atomic mass is 9.92. The highest BCUT2D eigenvalue weighted by Crippen LogP contribution is 2.56. The zero-order chi connectivity index (χ0) is 26.5. The molecule has 0 spiro atoms. The molecule has 2 aromatic rings. The summed E-state index contributed by atoms with van der Waals surface area (Å²) >= 11 is 0. The fourth-order valence-electron chi connectivity index (χ4n) is 5.55. The summed E-state index contributed by atoms with van der Waals surface area (Å²) in [7, 11) is -3.68. The SMILES string of the molecule is C=CC1CC1(CC(=O)[C@@H]1C[C@@H](Oc2ccnc(N3Cc4ccccc4C3)n2)CN1)C(=O)NS(=O)(=O)C1CC1. The van der Waals surface area contributed by atoms with Crippen molar-refractivity contribution in [2.24, 2.45) is 11.3 Å². The number of hydrogen-bond donors (Lipinski definition) is 2. The highest BCUT2D eigenvalue weighted by molar-refractivity contribution is 7.90. The van der Waals surface area contributed by atoms with Gasteiger partial charge >= 0.3 is 0 Å². The number of ether oxygens (including phenoxy) is 1. The number of nitrogens with one attached hydrogen (secondary N) is 2. The Morgan fingerprint density at radius 3 is 2.61 bits per heavy atom. The maximum Gasteiger partial charge on any atom is 0.240 e. The number of aromatic nitrogens is 2. The number of carbonyl (C=O) groups excluding carboxylic acids is 2. The van der Waals surface area contributed by atoms with Crippen LogP contribution in [0.4, 0.5) is 5.95 Å². The number of nitrogens with zero attached hydrogens (tertiary/aromatic N) is 3. The van der Waals surface area contributed by atoms with Crippen molar-refractivity contribution in [2.45, 2.75) is 62.6 Å². The zero-order valence-corrected chi connectivity index (χ0v) is 21.8. The molecule has 2 N–H and O–H groups in total. The van der Waals surface area contributed by atoms with Gasteiger partial charge < -0.3 is 15.0 Å². The molecule has 2 aliphatic heterocycles. The maximum absolute atomic E-state index is 13.2. The van der Waals surface area contributed by atoms with Gasteiger partial charge in [0.15, 0.2) is 5.78 Å². The van der Waals surface area contributed by atoms with Crippen molar-refractivity contribution in [1.29, 1.82) is 0 Å². The smallest absolute Gasteiger partial charge is 0.240 e. The van der Waals surface area contributed by atoms with Gasteiger partial charge in [-0.2, -0.15) is 4.98 Å². The quantitative estimate of drug-likeness (QED) is 0.436. The van der Waals surface area contributed by atoms with Crippen LogP contribution < -0.4 is 19.7 Å². The third kappa shape index (κ3) is 4.80. The number of anilines is 1. The lowest BCUT2D eigenvalue weighted by Crippen LogP contribution is -2.42. The molecule has 11 heteroatoms. The number of benzene rings is 1. The molecule has 1 aromatic carbocycles. The molecule has 4 aliphatic rings. The fraction of sp³-hybridized carbons (Fsp3) is 0.481. The molecule has 0 bridgehead atoms. The molecule has 1 saturated heterocycles. The summed E-state index contributed by atoms with van der Waals surface area (Å²) in [6, 6.07) is 9.49. The van der Waals surface area contributed by atoms with E-state index < -0.39 is 32.6 Å². The van der Waals surface area contributed by atoms with Gasteiger partial charge in [-0.15, -0.1) is 6.58 Å². The topological polar surface area (TPSA) is 131 Å². The van der Waals surface area contributed by atoms with Crippen LogP contribution in [0.15, 0.2) is 49.2 Å². The normalized spacial score (nSPS) is 28.0. The van der Waals surface area contributed by atoms with Crippen molar-refractivity contribution in [3.63, 3.8) is 0 Å². The van der Waals surface area contributed by atoms with Crippen LogP contribution >= 0.6 is 0 Å². The third-order valence-corrected chi connectivity index (χ3v) is 9.88. The molecule has 2 unspecified atom stereocenters. The molecule has 38 heavy (non-hydrogen) atoms. The van der Waals surface area contributed by atoms with Crippen LogP contribution in [0.25, 0.3) is 0 Å². The van der Waals surface area contributed by atoms with Crippen molar-refractivity contribution in [3.8, 4) is 5.88 Å². The van der Waals surface area contributed by atoms with E-state index in [1.807, 2.05) is 12.1 Å². The van der Waals surface area contributed by atoms with Gasteiger partial charge in [-0.25, -0.2) is 13.4 Å². The monoisotopic (exact) mass is 537 g/mol. The summed E-state index contributed by atoms with van der Waals surface area (Å²) in [6.07, 6.45) is 4.99. The van der Waals surface area contributed by atoms with Crippen molar-refractivity contribution in [2.75, 3.05) is 11.4 Å². The average Bonchev–Trinajstić information content (AvgIpc) is 3.79. The number of carbonyl (C=O) groups is 2. The number of allylic oxidation sites excluding steroid dienone is 1. The molecule has 2 saturated carbocycles. The summed E-state index contributed by atoms with van der Waals surface area (Å²) in [6.45, 7) is 5.71. The molecule has 6 rings (SSSR count). The Labute approximate surface area is 221 Å². The van der Waals surface area contributed by atoms with Crippen LogP contribution in [0, 0.1) is 11.3 Å². The average molecular weight is 538 g/mol. The minimum atomic E-state index is -3.68. The van der Waals surface area contributed by atoms with E-state index >= 15 is 0 Å². The lowest BCUT2D eigenvalue weighted by Gasteiger charge is -2.19. The first kappa shape index (κ1) is 25.0. The number of hydrogen-bond acceptors (Lipinski definition) is 9. The number of rotatable bonds is 10. The van der Waals surface area contributed by atoms with E-state index in [1.165, 1.54) is 11.1 Å². The minimum Gasteiger partial charge on any atom is -0.473 e. The van der Waals surface area contributed by atoms with Crippen LogP contribution in [-0.4, -0.2) is 54.0 Å². The van der Waals surface area contributed by atoms with Crippen LogP contribution in [0.5, 0.6) is 5.88 Å². The molecule has 1 amide bonds. The van der Waals surface area contributed by atoms with Crippen LogP contribution in [-0.2, 0) is 32.7 Å². The molecule has 1 aromatic heterocycles. The third-order valence-electron chi connectivity index (χ3n) is 8.07. The second-order valence-electron chi connectivity index (χ2n) is 10.8. The predicted octanol–water partition coefficient (Wildman–Crippen LogP) is 1.87. The van der Waals surface area contributed by atoms with Crippen LogP contribution in [0.2, 0.25) is 0 Å². The maximum atomic E-state index is 13.2. The number of ketones is 1. The van der Waals surface area contributed by atoms with Gasteiger partial charge in [-0.05, 0) is 36.3 Å². The molecule has 3 heterocycles. The van der Waals surface area contributed by atoms with E-state index in [-0.39, 0.29) is 24.2 Å². The second kappa shape index (κ2) is 9.46. The molecule has 200 valence electrons.